The fourth-order valence-electron chi connectivity index (χ4n) is 1.62. The number of hydrogen-bond donors (Lipinski definition) is 1. The van der Waals surface area contributed by atoms with Crippen LogP contribution in [0.1, 0.15) is 5.56 Å². The molecule has 0 amide bonds. The van der Waals surface area contributed by atoms with Gasteiger partial charge in [-0.15, -0.1) is 0 Å². The van der Waals surface area contributed by atoms with Gasteiger partial charge in [0, 0.05) is 15.8 Å². The van der Waals surface area contributed by atoms with Gasteiger partial charge in [0.05, 0.1) is 12.1 Å². The molecule has 2 aromatic rings. The highest BCUT2D eigenvalue weighted by Crippen LogP contribution is 2.25. The summed E-state index contributed by atoms with van der Waals surface area (Å²) in [6.45, 7) is 0.740. The summed E-state index contributed by atoms with van der Waals surface area (Å²) in [5.41, 5.74) is 2.23. The van der Waals surface area contributed by atoms with Crippen LogP contribution in [0.25, 0.3) is 0 Å². The van der Waals surface area contributed by atoms with Crippen molar-refractivity contribution in [2.24, 2.45) is 0 Å². The predicted molar refractivity (Wildman–Crippen MR) is 84.5 cm³/mol. The Bertz CT molecular complexity index is 545. The van der Waals surface area contributed by atoms with Gasteiger partial charge in [0.2, 0.25) is 0 Å². The van der Waals surface area contributed by atoms with E-state index in [1.54, 1.807) is 7.11 Å². The molecule has 0 aliphatic rings. The Balaban J connectivity index is 2.04. The van der Waals surface area contributed by atoms with E-state index in [0.717, 1.165) is 17.8 Å². The normalized spacial score (nSPS) is 10.2. The molecule has 0 saturated heterocycles. The molecule has 0 aliphatic carbocycles. The molecule has 2 nitrogen and oxygen atoms in total. The quantitative estimate of drug-likeness (QED) is 0.793. The average molecular weight is 374 g/mol. The zero-order valence-electron chi connectivity index (χ0n) is 9.91. The van der Waals surface area contributed by atoms with Crippen molar-refractivity contribution in [3.8, 4) is 5.75 Å². The van der Waals surface area contributed by atoms with E-state index in [1.807, 2.05) is 30.3 Å². The molecule has 0 aromatic heterocycles. The summed E-state index contributed by atoms with van der Waals surface area (Å²) in [6, 6.07) is 14.1. The first-order valence-corrected chi connectivity index (χ1v) is 6.96. The first-order chi connectivity index (χ1) is 8.69. The lowest BCUT2D eigenvalue weighted by Crippen LogP contribution is -1.99. The molecule has 2 rings (SSSR count). The molecule has 2 aromatic carbocycles. The summed E-state index contributed by atoms with van der Waals surface area (Å²) < 4.78 is 6.34. The van der Waals surface area contributed by atoms with E-state index in [9.17, 15) is 0 Å². The van der Waals surface area contributed by atoms with Crippen molar-refractivity contribution in [2.45, 2.75) is 6.54 Å². The summed E-state index contributed by atoms with van der Waals surface area (Å²) in [5, 5.41) is 4.00. The van der Waals surface area contributed by atoms with Crippen LogP contribution in [-0.4, -0.2) is 7.11 Å². The van der Waals surface area contributed by atoms with Crippen molar-refractivity contribution in [1.82, 2.24) is 0 Å². The van der Waals surface area contributed by atoms with E-state index in [0.29, 0.717) is 10.8 Å². The van der Waals surface area contributed by atoms with Crippen LogP contribution >= 0.6 is 34.2 Å². The van der Waals surface area contributed by atoms with Gasteiger partial charge in [-0.05, 0) is 58.5 Å². The monoisotopic (exact) mass is 373 g/mol. The zero-order chi connectivity index (χ0) is 13.0. The van der Waals surface area contributed by atoms with Crippen molar-refractivity contribution in [2.75, 3.05) is 12.4 Å². The Morgan fingerprint density at radius 1 is 1.22 bits per heavy atom. The second-order valence-corrected chi connectivity index (χ2v) is 5.49. The van der Waals surface area contributed by atoms with Crippen LogP contribution in [0.5, 0.6) is 5.75 Å². The number of halogens is 2. The molecule has 0 spiro atoms. The summed E-state index contributed by atoms with van der Waals surface area (Å²) in [7, 11) is 1.62. The third-order valence-electron chi connectivity index (χ3n) is 2.54. The SMILES string of the molecule is COc1ccc(CNc2cccc(I)c2)cc1Cl. The van der Waals surface area contributed by atoms with Gasteiger partial charge in [0.15, 0.2) is 0 Å². The van der Waals surface area contributed by atoms with Crippen LogP contribution in [0, 0.1) is 3.57 Å². The highest BCUT2D eigenvalue weighted by Gasteiger charge is 2.01. The van der Waals surface area contributed by atoms with Crippen LogP contribution in [0.3, 0.4) is 0 Å². The molecule has 4 heteroatoms. The first kappa shape index (κ1) is 13.5. The third-order valence-corrected chi connectivity index (χ3v) is 3.50. The van der Waals surface area contributed by atoms with E-state index in [-0.39, 0.29) is 0 Å². The van der Waals surface area contributed by atoms with Crippen LogP contribution in [-0.2, 0) is 6.54 Å². The molecule has 0 radical (unpaired) electrons. The maximum absolute atomic E-state index is 6.08. The van der Waals surface area contributed by atoms with Gasteiger partial charge in [0.25, 0.3) is 0 Å². The smallest absolute Gasteiger partial charge is 0.137 e. The number of benzene rings is 2. The largest absolute Gasteiger partial charge is 0.495 e. The molecule has 0 unspecified atom stereocenters. The zero-order valence-corrected chi connectivity index (χ0v) is 12.8. The van der Waals surface area contributed by atoms with E-state index in [2.05, 4.69) is 40.0 Å². The Morgan fingerprint density at radius 2 is 2.06 bits per heavy atom. The molecule has 0 bridgehead atoms. The fraction of sp³-hybridized carbons (Fsp3) is 0.143. The standard InChI is InChI=1S/C14H13ClINO/c1-18-14-6-5-10(7-13(14)15)9-17-12-4-2-3-11(16)8-12/h2-8,17H,9H2,1H3. The lowest BCUT2D eigenvalue weighted by molar-refractivity contribution is 0.415. The molecular formula is C14H13ClINO. The number of rotatable bonds is 4. The molecular weight excluding hydrogens is 361 g/mol. The third kappa shape index (κ3) is 3.53. The van der Waals surface area contributed by atoms with E-state index in [4.69, 9.17) is 16.3 Å². The van der Waals surface area contributed by atoms with Crippen LogP contribution in [0.4, 0.5) is 5.69 Å². The maximum atomic E-state index is 6.08. The Labute approximate surface area is 125 Å². The van der Waals surface area contributed by atoms with Gasteiger partial charge in [-0.2, -0.15) is 0 Å². The van der Waals surface area contributed by atoms with Crippen LogP contribution in [0.15, 0.2) is 42.5 Å². The molecule has 1 N–H and O–H groups in total. The molecule has 0 fully saturated rings. The second-order valence-electron chi connectivity index (χ2n) is 3.83. The topological polar surface area (TPSA) is 21.3 Å². The number of ether oxygens (including phenoxy) is 1. The summed E-state index contributed by atoms with van der Waals surface area (Å²) in [5.74, 6) is 0.703. The van der Waals surface area contributed by atoms with E-state index >= 15 is 0 Å². The van der Waals surface area contributed by atoms with Crippen LogP contribution < -0.4 is 10.1 Å². The molecule has 0 heterocycles. The Kier molecular flexibility index (Phi) is 4.72. The first-order valence-electron chi connectivity index (χ1n) is 5.51. The lowest BCUT2D eigenvalue weighted by Gasteiger charge is -2.09. The fourth-order valence-corrected chi connectivity index (χ4v) is 2.45. The lowest BCUT2D eigenvalue weighted by atomic mass is 10.2. The Hall–Kier alpha value is -0.940. The van der Waals surface area contributed by atoms with Gasteiger partial charge >= 0.3 is 0 Å². The maximum Gasteiger partial charge on any atom is 0.137 e. The minimum absolute atomic E-state index is 0.638. The molecule has 0 aliphatic heterocycles. The van der Waals surface area contributed by atoms with E-state index in [1.165, 1.54) is 3.57 Å². The minimum atomic E-state index is 0.638. The molecule has 94 valence electrons. The summed E-state index contributed by atoms with van der Waals surface area (Å²) in [4.78, 5) is 0. The Morgan fingerprint density at radius 3 is 2.72 bits per heavy atom. The highest BCUT2D eigenvalue weighted by molar-refractivity contribution is 14.1. The second kappa shape index (κ2) is 6.29. The molecule has 18 heavy (non-hydrogen) atoms. The summed E-state index contributed by atoms with van der Waals surface area (Å²) >= 11 is 8.38. The average Bonchev–Trinajstić information content (AvgIpc) is 2.37. The van der Waals surface area contributed by atoms with Gasteiger partial charge in [-0.1, -0.05) is 23.7 Å². The number of nitrogens with one attached hydrogen (secondary N) is 1. The van der Waals surface area contributed by atoms with Gasteiger partial charge in [-0.25, -0.2) is 0 Å². The molecule has 0 atom stereocenters. The summed E-state index contributed by atoms with van der Waals surface area (Å²) in [6.07, 6.45) is 0. The van der Waals surface area contributed by atoms with Crippen molar-refractivity contribution < 1.29 is 4.74 Å². The molecule has 0 saturated carbocycles. The number of hydrogen-bond acceptors (Lipinski definition) is 2. The van der Waals surface area contributed by atoms with Crippen molar-refractivity contribution >= 4 is 39.9 Å². The van der Waals surface area contributed by atoms with Gasteiger partial charge < -0.3 is 10.1 Å². The number of anilines is 1. The van der Waals surface area contributed by atoms with E-state index < -0.39 is 0 Å². The van der Waals surface area contributed by atoms with Crippen molar-refractivity contribution in [3.05, 3.63) is 56.6 Å². The van der Waals surface area contributed by atoms with Gasteiger partial charge in [0.1, 0.15) is 5.75 Å². The van der Waals surface area contributed by atoms with Crippen molar-refractivity contribution in [3.63, 3.8) is 0 Å². The predicted octanol–water partition coefficient (Wildman–Crippen LogP) is 4.57. The van der Waals surface area contributed by atoms with Crippen LogP contribution in [0.2, 0.25) is 5.02 Å². The van der Waals surface area contributed by atoms with Gasteiger partial charge in [-0.3, -0.25) is 0 Å². The minimum Gasteiger partial charge on any atom is -0.495 e. The van der Waals surface area contributed by atoms with Crippen molar-refractivity contribution in [1.29, 1.82) is 0 Å². The highest BCUT2D eigenvalue weighted by atomic mass is 127. The number of methoxy groups -OCH3 is 1.